The van der Waals surface area contributed by atoms with Gasteiger partial charge in [-0.25, -0.2) is 4.98 Å². The van der Waals surface area contributed by atoms with E-state index in [0.29, 0.717) is 12.2 Å². The topological polar surface area (TPSA) is 90.0 Å². The van der Waals surface area contributed by atoms with Crippen molar-refractivity contribution in [1.82, 2.24) is 9.38 Å². The molecule has 0 saturated carbocycles. The van der Waals surface area contributed by atoms with Crippen molar-refractivity contribution in [2.75, 3.05) is 19.1 Å². The van der Waals surface area contributed by atoms with Crippen molar-refractivity contribution < 1.29 is 9.66 Å². The summed E-state index contributed by atoms with van der Waals surface area (Å²) in [5.41, 5.74) is 0.0554. The summed E-state index contributed by atoms with van der Waals surface area (Å²) in [6.07, 6.45) is 1.47. The van der Waals surface area contributed by atoms with Crippen LogP contribution in [-0.4, -0.2) is 28.5 Å². The molecule has 4 rings (SSSR count). The average Bonchev–Trinajstić information content (AvgIpc) is 2.72. The second-order valence-corrected chi connectivity index (χ2v) is 6.68. The summed E-state index contributed by atoms with van der Waals surface area (Å²) >= 11 is 0. The van der Waals surface area contributed by atoms with Crippen LogP contribution in [0.15, 0.2) is 65.6 Å². The molecule has 0 spiro atoms. The molecule has 8 nitrogen and oxygen atoms in total. The van der Waals surface area contributed by atoms with E-state index in [-0.39, 0.29) is 5.82 Å². The molecule has 0 bridgehead atoms. The molecule has 29 heavy (non-hydrogen) atoms. The largest absolute Gasteiger partial charge is 0.497 e. The van der Waals surface area contributed by atoms with Crippen molar-refractivity contribution in [2.45, 2.75) is 6.54 Å². The lowest BCUT2D eigenvalue weighted by Crippen LogP contribution is -2.26. The Bertz CT molecular complexity index is 1300. The maximum Gasteiger partial charge on any atom is 0.376 e. The van der Waals surface area contributed by atoms with Crippen LogP contribution in [0.25, 0.3) is 16.4 Å². The van der Waals surface area contributed by atoms with E-state index in [0.717, 1.165) is 22.1 Å². The summed E-state index contributed by atoms with van der Waals surface area (Å²) < 4.78 is 6.42. The molecule has 0 aliphatic heterocycles. The first-order chi connectivity index (χ1) is 14.0. The Morgan fingerprint density at radius 3 is 2.66 bits per heavy atom. The van der Waals surface area contributed by atoms with Gasteiger partial charge in [-0.15, -0.1) is 0 Å². The molecule has 0 amide bonds. The zero-order valence-corrected chi connectivity index (χ0v) is 15.9. The van der Waals surface area contributed by atoms with Crippen molar-refractivity contribution in [3.8, 4) is 5.75 Å². The maximum atomic E-state index is 12.6. The van der Waals surface area contributed by atoms with E-state index in [9.17, 15) is 14.9 Å². The molecule has 2 heterocycles. The van der Waals surface area contributed by atoms with Crippen molar-refractivity contribution >= 4 is 27.9 Å². The van der Waals surface area contributed by atoms with Gasteiger partial charge in [0.1, 0.15) is 11.4 Å². The number of anilines is 1. The molecule has 0 aliphatic carbocycles. The summed E-state index contributed by atoms with van der Waals surface area (Å²) in [5.74, 6) is 0.819. The number of hydrogen-bond donors (Lipinski definition) is 0. The first-order valence-electron chi connectivity index (χ1n) is 8.91. The molecule has 0 radical (unpaired) electrons. The fraction of sp³-hybridized carbons (Fsp3) is 0.143. The smallest absolute Gasteiger partial charge is 0.376 e. The molecule has 0 N–H and O–H groups in total. The lowest BCUT2D eigenvalue weighted by atomic mass is 10.1. The number of nitro groups is 1. The van der Waals surface area contributed by atoms with Crippen molar-refractivity contribution in [2.24, 2.45) is 0 Å². The van der Waals surface area contributed by atoms with E-state index < -0.39 is 16.2 Å². The van der Waals surface area contributed by atoms with Crippen LogP contribution >= 0.6 is 0 Å². The third-order valence-corrected chi connectivity index (χ3v) is 4.77. The third-order valence-electron chi connectivity index (χ3n) is 4.77. The zero-order valence-electron chi connectivity index (χ0n) is 15.9. The fourth-order valence-corrected chi connectivity index (χ4v) is 3.34. The minimum absolute atomic E-state index is 0.0426. The summed E-state index contributed by atoms with van der Waals surface area (Å²) in [6.45, 7) is 0.359. The zero-order chi connectivity index (χ0) is 20.5. The molecular weight excluding hydrogens is 372 g/mol. The number of rotatable bonds is 5. The summed E-state index contributed by atoms with van der Waals surface area (Å²) in [6, 6.07) is 16.7. The Hall–Kier alpha value is -3.94. The quantitative estimate of drug-likeness (QED) is 0.383. The van der Waals surface area contributed by atoms with Crippen LogP contribution in [0, 0.1) is 10.1 Å². The highest BCUT2D eigenvalue weighted by Gasteiger charge is 2.26. The number of fused-ring (bicyclic) bond motifs is 2. The van der Waals surface area contributed by atoms with Crippen LogP contribution in [0.1, 0.15) is 5.56 Å². The van der Waals surface area contributed by atoms with E-state index in [1.54, 1.807) is 37.3 Å². The predicted molar refractivity (Wildman–Crippen MR) is 111 cm³/mol. The number of aromatic nitrogens is 2. The highest BCUT2D eigenvalue weighted by Crippen LogP contribution is 2.26. The molecule has 0 unspecified atom stereocenters. The monoisotopic (exact) mass is 390 g/mol. The van der Waals surface area contributed by atoms with Crippen LogP contribution in [0.3, 0.4) is 0 Å². The van der Waals surface area contributed by atoms with Gasteiger partial charge in [-0.2, -0.15) is 0 Å². The molecule has 4 aromatic rings. The first kappa shape index (κ1) is 18.4. The summed E-state index contributed by atoms with van der Waals surface area (Å²) in [4.78, 5) is 29.5. The normalized spacial score (nSPS) is 11.0. The SMILES string of the molecule is COc1ccc2cc(CN(C)c3nc4ccccn4c(=O)c3[N+](=O)[O-])ccc2c1. The average molecular weight is 390 g/mol. The van der Waals surface area contributed by atoms with Crippen molar-refractivity contribution in [3.63, 3.8) is 0 Å². The van der Waals surface area contributed by atoms with Gasteiger partial charge in [0.05, 0.1) is 12.0 Å². The van der Waals surface area contributed by atoms with Gasteiger partial charge < -0.3 is 9.64 Å². The standard InChI is InChI=1S/C21H18N4O4/c1-23(13-14-6-7-16-12-17(29-2)9-8-15(16)11-14)20-19(25(27)28)21(26)24-10-4-3-5-18(24)22-20/h3-12H,13H2,1-2H3. The number of methoxy groups -OCH3 is 1. The van der Waals surface area contributed by atoms with Gasteiger partial charge in [-0.05, 0) is 46.7 Å². The predicted octanol–water partition coefficient (Wildman–Crippen LogP) is 3.40. The van der Waals surface area contributed by atoms with Crippen LogP contribution in [0.5, 0.6) is 5.75 Å². The molecule has 0 fully saturated rings. The van der Waals surface area contributed by atoms with E-state index in [2.05, 4.69) is 4.98 Å². The molecule has 0 saturated heterocycles. The lowest BCUT2D eigenvalue weighted by molar-refractivity contribution is -0.385. The Labute approximate surface area is 165 Å². The number of pyridine rings is 1. The Kier molecular flexibility index (Phi) is 4.59. The van der Waals surface area contributed by atoms with Crippen LogP contribution < -0.4 is 15.2 Å². The van der Waals surface area contributed by atoms with Crippen LogP contribution in [-0.2, 0) is 6.54 Å². The minimum Gasteiger partial charge on any atom is -0.497 e. The number of benzene rings is 2. The second-order valence-electron chi connectivity index (χ2n) is 6.68. The van der Waals surface area contributed by atoms with Gasteiger partial charge in [0, 0.05) is 19.8 Å². The highest BCUT2D eigenvalue weighted by molar-refractivity contribution is 5.84. The number of nitrogens with zero attached hydrogens (tertiary/aromatic N) is 4. The van der Waals surface area contributed by atoms with Gasteiger partial charge in [0.15, 0.2) is 0 Å². The van der Waals surface area contributed by atoms with Gasteiger partial charge >= 0.3 is 11.2 Å². The van der Waals surface area contributed by atoms with E-state index in [4.69, 9.17) is 4.74 Å². The van der Waals surface area contributed by atoms with Crippen LogP contribution in [0.2, 0.25) is 0 Å². The Balaban J connectivity index is 1.74. The van der Waals surface area contributed by atoms with Gasteiger partial charge in [0.25, 0.3) is 0 Å². The Morgan fingerprint density at radius 1 is 1.14 bits per heavy atom. The number of ether oxygens (including phenoxy) is 1. The maximum absolute atomic E-state index is 12.6. The first-order valence-corrected chi connectivity index (χ1v) is 8.91. The van der Waals surface area contributed by atoms with E-state index in [1.807, 2.05) is 36.4 Å². The van der Waals surface area contributed by atoms with Crippen LogP contribution in [0.4, 0.5) is 11.5 Å². The van der Waals surface area contributed by atoms with Gasteiger partial charge in [0.2, 0.25) is 5.82 Å². The molecule has 0 aliphatic rings. The van der Waals surface area contributed by atoms with E-state index >= 15 is 0 Å². The summed E-state index contributed by atoms with van der Waals surface area (Å²) in [7, 11) is 3.31. The fourth-order valence-electron chi connectivity index (χ4n) is 3.34. The van der Waals surface area contributed by atoms with Gasteiger partial charge in [-0.3, -0.25) is 19.3 Å². The molecule has 146 valence electrons. The van der Waals surface area contributed by atoms with Crippen molar-refractivity contribution in [3.05, 3.63) is 86.8 Å². The van der Waals surface area contributed by atoms with Gasteiger partial charge in [-0.1, -0.05) is 24.3 Å². The Morgan fingerprint density at radius 2 is 1.90 bits per heavy atom. The summed E-state index contributed by atoms with van der Waals surface area (Å²) in [5, 5.41) is 13.6. The molecular formula is C21H18N4O4. The molecule has 2 aromatic heterocycles. The van der Waals surface area contributed by atoms with E-state index in [1.165, 1.54) is 10.6 Å². The highest BCUT2D eigenvalue weighted by atomic mass is 16.6. The molecule has 8 heteroatoms. The number of hydrogen-bond acceptors (Lipinski definition) is 6. The molecule has 2 aromatic carbocycles. The van der Waals surface area contributed by atoms with Crippen molar-refractivity contribution in [1.29, 1.82) is 0 Å². The lowest BCUT2D eigenvalue weighted by Gasteiger charge is -2.19. The third kappa shape index (κ3) is 3.36. The second kappa shape index (κ2) is 7.23. The minimum atomic E-state index is -0.701. The molecule has 0 atom stereocenters.